The van der Waals surface area contributed by atoms with Gasteiger partial charge in [0.2, 0.25) is 0 Å². The van der Waals surface area contributed by atoms with Crippen LogP contribution in [-0.4, -0.2) is 6.61 Å². The van der Waals surface area contributed by atoms with Crippen LogP contribution >= 0.6 is 11.8 Å². The van der Waals surface area contributed by atoms with E-state index in [-0.39, 0.29) is 10.2 Å². The van der Waals surface area contributed by atoms with Gasteiger partial charge in [0.15, 0.2) is 0 Å². The smallest absolute Gasteiger partial charge is 0.129 e. The quantitative estimate of drug-likeness (QED) is 0.640. The Bertz CT molecular complexity index is 716. The fourth-order valence-corrected chi connectivity index (χ4v) is 4.58. The highest BCUT2D eigenvalue weighted by molar-refractivity contribution is 8.00. The van der Waals surface area contributed by atoms with Crippen LogP contribution in [0.15, 0.2) is 91.0 Å². The van der Waals surface area contributed by atoms with E-state index >= 15 is 0 Å². The van der Waals surface area contributed by atoms with Crippen molar-refractivity contribution in [1.29, 1.82) is 0 Å². The van der Waals surface area contributed by atoms with Crippen molar-refractivity contribution < 1.29 is 4.74 Å². The van der Waals surface area contributed by atoms with E-state index in [2.05, 4.69) is 84.9 Å². The molecular weight excluding hydrogens is 300 g/mol. The van der Waals surface area contributed by atoms with E-state index in [1.54, 1.807) is 0 Å². The van der Waals surface area contributed by atoms with E-state index in [1.165, 1.54) is 16.7 Å². The molecule has 4 rings (SSSR count). The third-order valence-electron chi connectivity index (χ3n) is 4.30. The Balaban J connectivity index is 1.77. The van der Waals surface area contributed by atoms with Gasteiger partial charge >= 0.3 is 0 Å². The zero-order chi connectivity index (χ0) is 15.5. The van der Waals surface area contributed by atoms with E-state index in [1.807, 2.05) is 17.8 Å². The largest absolute Gasteiger partial charge is 0.361 e. The van der Waals surface area contributed by atoms with Crippen LogP contribution in [0.3, 0.4) is 0 Å². The maximum absolute atomic E-state index is 6.23. The van der Waals surface area contributed by atoms with Crippen molar-refractivity contribution in [3.8, 4) is 0 Å². The first-order valence-corrected chi connectivity index (χ1v) is 8.72. The molecule has 0 bridgehead atoms. The minimum atomic E-state index is -0.150. The maximum atomic E-state index is 6.23. The molecule has 1 saturated heterocycles. The Kier molecular flexibility index (Phi) is 3.94. The van der Waals surface area contributed by atoms with Crippen molar-refractivity contribution in [3.63, 3.8) is 0 Å². The standard InChI is InChI=1S/C21H18OS/c1-4-10-17(11-5-1)20-22-16-21(23-20,18-12-6-2-7-13-18)19-14-8-3-9-15-19/h1-15,20H,16H2. The Hall–Kier alpha value is -2.03. The lowest BCUT2D eigenvalue weighted by Crippen LogP contribution is -2.24. The topological polar surface area (TPSA) is 9.23 Å². The molecule has 1 aliphatic heterocycles. The molecule has 1 fully saturated rings. The highest BCUT2D eigenvalue weighted by Crippen LogP contribution is 2.55. The molecule has 1 aliphatic rings. The zero-order valence-corrected chi connectivity index (χ0v) is 13.6. The van der Waals surface area contributed by atoms with Crippen LogP contribution in [0.4, 0.5) is 0 Å². The summed E-state index contributed by atoms with van der Waals surface area (Å²) in [7, 11) is 0. The second kappa shape index (κ2) is 6.23. The summed E-state index contributed by atoms with van der Waals surface area (Å²) in [6.07, 6.45) is 0. The van der Waals surface area contributed by atoms with Gasteiger partial charge < -0.3 is 4.74 Å². The summed E-state index contributed by atoms with van der Waals surface area (Å²) < 4.78 is 6.08. The first kappa shape index (κ1) is 14.6. The molecular formula is C21H18OS. The van der Waals surface area contributed by atoms with Crippen LogP contribution in [-0.2, 0) is 9.48 Å². The van der Waals surface area contributed by atoms with Gasteiger partial charge in [-0.25, -0.2) is 0 Å². The first-order chi connectivity index (χ1) is 11.4. The van der Waals surface area contributed by atoms with Crippen molar-refractivity contribution in [2.45, 2.75) is 10.2 Å². The summed E-state index contributed by atoms with van der Waals surface area (Å²) >= 11 is 1.90. The lowest BCUT2D eigenvalue weighted by atomic mass is 9.91. The van der Waals surface area contributed by atoms with Gasteiger partial charge in [0.05, 0.1) is 11.4 Å². The second-order valence-corrected chi connectivity index (χ2v) is 7.09. The SMILES string of the molecule is c1ccc(C2OCC(c3ccccc3)(c3ccccc3)S2)cc1. The number of ether oxygens (including phenoxy) is 1. The number of hydrogen-bond donors (Lipinski definition) is 0. The van der Waals surface area contributed by atoms with E-state index in [0.29, 0.717) is 6.61 Å². The normalized spacial score (nSPS) is 19.6. The van der Waals surface area contributed by atoms with Crippen LogP contribution in [0, 0.1) is 0 Å². The fourth-order valence-electron chi connectivity index (χ4n) is 3.10. The molecule has 1 nitrogen and oxygen atoms in total. The lowest BCUT2D eigenvalue weighted by molar-refractivity contribution is 0.123. The predicted octanol–water partition coefficient (Wildman–Crippen LogP) is 5.39. The molecule has 3 aromatic rings. The average Bonchev–Trinajstić information content (AvgIpc) is 3.11. The Morgan fingerprint density at radius 2 is 1.17 bits per heavy atom. The molecule has 0 spiro atoms. The molecule has 114 valence electrons. The number of thioether (sulfide) groups is 1. The van der Waals surface area contributed by atoms with Gasteiger partial charge in [0, 0.05) is 0 Å². The van der Waals surface area contributed by atoms with Gasteiger partial charge in [-0.1, -0.05) is 91.0 Å². The van der Waals surface area contributed by atoms with Crippen LogP contribution in [0.5, 0.6) is 0 Å². The summed E-state index contributed by atoms with van der Waals surface area (Å²) in [6, 6.07) is 31.9. The molecule has 0 N–H and O–H groups in total. The summed E-state index contributed by atoms with van der Waals surface area (Å²) in [4.78, 5) is 0. The molecule has 0 aromatic heterocycles. The number of rotatable bonds is 3. The van der Waals surface area contributed by atoms with Crippen molar-refractivity contribution in [1.82, 2.24) is 0 Å². The van der Waals surface area contributed by atoms with Crippen molar-refractivity contribution >= 4 is 11.8 Å². The zero-order valence-electron chi connectivity index (χ0n) is 12.8. The molecule has 1 heterocycles. The molecule has 0 amide bonds. The molecule has 1 atom stereocenters. The fraction of sp³-hybridized carbons (Fsp3) is 0.143. The summed E-state index contributed by atoms with van der Waals surface area (Å²) in [6.45, 7) is 0.686. The van der Waals surface area contributed by atoms with Gasteiger partial charge in [-0.2, -0.15) is 0 Å². The van der Waals surface area contributed by atoms with E-state index in [0.717, 1.165) is 0 Å². The van der Waals surface area contributed by atoms with Gasteiger partial charge in [0.25, 0.3) is 0 Å². The molecule has 23 heavy (non-hydrogen) atoms. The summed E-state index contributed by atoms with van der Waals surface area (Å²) in [5, 5.41) is 0. The molecule has 3 aromatic carbocycles. The molecule has 1 unspecified atom stereocenters. The van der Waals surface area contributed by atoms with Gasteiger partial charge in [0.1, 0.15) is 5.44 Å². The third-order valence-corrected chi connectivity index (χ3v) is 5.91. The maximum Gasteiger partial charge on any atom is 0.129 e. The van der Waals surface area contributed by atoms with Gasteiger partial charge in [-0.3, -0.25) is 0 Å². The summed E-state index contributed by atoms with van der Waals surface area (Å²) in [5.41, 5.74) is 3.90. The molecule has 0 saturated carbocycles. The summed E-state index contributed by atoms with van der Waals surface area (Å²) in [5.74, 6) is 0. The Morgan fingerprint density at radius 3 is 1.70 bits per heavy atom. The minimum Gasteiger partial charge on any atom is -0.361 e. The minimum absolute atomic E-state index is 0.0663. The van der Waals surface area contributed by atoms with Crippen molar-refractivity contribution in [2.75, 3.05) is 6.61 Å². The molecule has 2 heteroatoms. The first-order valence-electron chi connectivity index (χ1n) is 7.84. The van der Waals surface area contributed by atoms with Crippen molar-refractivity contribution in [2.24, 2.45) is 0 Å². The van der Waals surface area contributed by atoms with E-state index < -0.39 is 0 Å². The lowest BCUT2D eigenvalue weighted by Gasteiger charge is -2.28. The van der Waals surface area contributed by atoms with Gasteiger partial charge in [-0.15, -0.1) is 11.8 Å². The van der Waals surface area contributed by atoms with Crippen LogP contribution in [0.25, 0.3) is 0 Å². The van der Waals surface area contributed by atoms with Gasteiger partial charge in [-0.05, 0) is 16.7 Å². The highest BCUT2D eigenvalue weighted by atomic mass is 32.2. The van der Waals surface area contributed by atoms with E-state index in [4.69, 9.17) is 4.74 Å². The Labute approximate surface area is 141 Å². The third kappa shape index (κ3) is 2.69. The van der Waals surface area contributed by atoms with Crippen molar-refractivity contribution in [3.05, 3.63) is 108 Å². The van der Waals surface area contributed by atoms with Crippen LogP contribution < -0.4 is 0 Å². The second-order valence-electron chi connectivity index (χ2n) is 5.73. The van der Waals surface area contributed by atoms with E-state index in [9.17, 15) is 0 Å². The van der Waals surface area contributed by atoms with Crippen LogP contribution in [0.1, 0.15) is 22.1 Å². The Morgan fingerprint density at radius 1 is 0.696 bits per heavy atom. The average molecular weight is 318 g/mol. The predicted molar refractivity (Wildman–Crippen MR) is 96.4 cm³/mol. The highest BCUT2D eigenvalue weighted by Gasteiger charge is 2.44. The number of benzene rings is 3. The molecule has 0 aliphatic carbocycles. The monoisotopic (exact) mass is 318 g/mol. The molecule has 0 radical (unpaired) electrons. The van der Waals surface area contributed by atoms with Crippen LogP contribution in [0.2, 0.25) is 0 Å². The number of hydrogen-bond acceptors (Lipinski definition) is 2.